The molecule has 0 spiro atoms. The van der Waals surface area contributed by atoms with Crippen LogP contribution in [0.1, 0.15) is 38.3 Å². The smallest absolute Gasteiger partial charge is 0.0948 e. The molecule has 1 saturated carbocycles. The van der Waals surface area contributed by atoms with Crippen molar-refractivity contribution in [1.29, 1.82) is 0 Å². The highest BCUT2D eigenvalue weighted by molar-refractivity contribution is 5.13. The van der Waals surface area contributed by atoms with Gasteiger partial charge in [0.1, 0.15) is 0 Å². The van der Waals surface area contributed by atoms with Gasteiger partial charge < -0.3 is 10.3 Å². The standard InChI is InChI=1S/C10H17N3/c1-10(2,11)6-13-7-12-5-9(13)8-3-4-8/h5,7-8H,3-4,6,11H2,1-2H3. The van der Waals surface area contributed by atoms with Crippen molar-refractivity contribution in [2.45, 2.75) is 44.7 Å². The van der Waals surface area contributed by atoms with E-state index in [1.54, 1.807) is 0 Å². The number of nitrogens with two attached hydrogens (primary N) is 1. The average Bonchev–Trinajstić information content (AvgIpc) is 2.72. The molecule has 2 rings (SSSR count). The Hall–Kier alpha value is -0.830. The highest BCUT2D eigenvalue weighted by atomic mass is 15.1. The molecule has 0 amide bonds. The van der Waals surface area contributed by atoms with Gasteiger partial charge in [0.2, 0.25) is 0 Å². The molecule has 0 unspecified atom stereocenters. The van der Waals surface area contributed by atoms with Crippen molar-refractivity contribution >= 4 is 0 Å². The summed E-state index contributed by atoms with van der Waals surface area (Å²) in [4.78, 5) is 4.17. The third-order valence-electron chi connectivity index (χ3n) is 2.32. The largest absolute Gasteiger partial charge is 0.333 e. The minimum atomic E-state index is -0.148. The Balaban J connectivity index is 2.15. The first-order valence-corrected chi connectivity index (χ1v) is 4.85. The molecular weight excluding hydrogens is 162 g/mol. The van der Waals surface area contributed by atoms with E-state index >= 15 is 0 Å². The second-order valence-corrected chi connectivity index (χ2v) is 4.71. The zero-order valence-electron chi connectivity index (χ0n) is 8.33. The summed E-state index contributed by atoms with van der Waals surface area (Å²) in [7, 11) is 0. The van der Waals surface area contributed by atoms with E-state index in [1.807, 2.05) is 26.4 Å². The van der Waals surface area contributed by atoms with Crippen LogP contribution in [0.3, 0.4) is 0 Å². The van der Waals surface area contributed by atoms with Crippen molar-refractivity contribution in [1.82, 2.24) is 9.55 Å². The lowest BCUT2D eigenvalue weighted by Gasteiger charge is -2.20. The van der Waals surface area contributed by atoms with Crippen LogP contribution in [-0.2, 0) is 6.54 Å². The molecule has 0 radical (unpaired) electrons. The molecule has 0 aliphatic heterocycles. The summed E-state index contributed by atoms with van der Waals surface area (Å²) < 4.78 is 2.19. The monoisotopic (exact) mass is 179 g/mol. The Morgan fingerprint density at radius 2 is 2.31 bits per heavy atom. The van der Waals surface area contributed by atoms with Gasteiger partial charge in [-0.2, -0.15) is 0 Å². The summed E-state index contributed by atoms with van der Waals surface area (Å²) in [5.41, 5.74) is 7.18. The van der Waals surface area contributed by atoms with E-state index in [1.165, 1.54) is 18.5 Å². The van der Waals surface area contributed by atoms with Gasteiger partial charge in [-0.3, -0.25) is 0 Å². The molecule has 13 heavy (non-hydrogen) atoms. The molecule has 1 aromatic heterocycles. The Bertz CT molecular complexity index is 291. The molecule has 1 aliphatic rings. The quantitative estimate of drug-likeness (QED) is 0.764. The van der Waals surface area contributed by atoms with E-state index in [0.29, 0.717) is 0 Å². The van der Waals surface area contributed by atoms with Crippen LogP contribution in [0.15, 0.2) is 12.5 Å². The van der Waals surface area contributed by atoms with Gasteiger partial charge in [-0.25, -0.2) is 4.98 Å². The van der Waals surface area contributed by atoms with Crippen LogP contribution < -0.4 is 5.73 Å². The maximum atomic E-state index is 5.97. The van der Waals surface area contributed by atoms with Crippen LogP contribution in [0.2, 0.25) is 0 Å². The fourth-order valence-corrected chi connectivity index (χ4v) is 1.62. The van der Waals surface area contributed by atoms with Gasteiger partial charge in [-0.05, 0) is 26.7 Å². The molecule has 0 bridgehead atoms. The summed E-state index contributed by atoms with van der Waals surface area (Å²) in [5, 5.41) is 0. The molecule has 72 valence electrons. The number of nitrogens with zero attached hydrogens (tertiary/aromatic N) is 2. The van der Waals surface area contributed by atoms with E-state index < -0.39 is 0 Å². The topological polar surface area (TPSA) is 43.8 Å². The Labute approximate surface area is 79.0 Å². The lowest BCUT2D eigenvalue weighted by molar-refractivity contribution is 0.426. The summed E-state index contributed by atoms with van der Waals surface area (Å²) >= 11 is 0. The van der Waals surface area contributed by atoms with Gasteiger partial charge in [0, 0.05) is 29.9 Å². The van der Waals surface area contributed by atoms with Crippen molar-refractivity contribution in [3.8, 4) is 0 Å². The number of hydrogen-bond donors (Lipinski definition) is 1. The molecule has 1 fully saturated rings. The first-order chi connectivity index (χ1) is 6.06. The zero-order valence-corrected chi connectivity index (χ0v) is 8.33. The molecule has 1 heterocycles. The second-order valence-electron chi connectivity index (χ2n) is 4.71. The lowest BCUT2D eigenvalue weighted by Crippen LogP contribution is -2.37. The van der Waals surface area contributed by atoms with Gasteiger partial charge in [0.25, 0.3) is 0 Å². The van der Waals surface area contributed by atoms with E-state index in [2.05, 4.69) is 9.55 Å². The summed E-state index contributed by atoms with van der Waals surface area (Å²) in [6.45, 7) is 4.95. The fraction of sp³-hybridized carbons (Fsp3) is 0.700. The fourth-order valence-electron chi connectivity index (χ4n) is 1.62. The number of imidazole rings is 1. The molecule has 2 N–H and O–H groups in total. The second kappa shape index (κ2) is 2.84. The van der Waals surface area contributed by atoms with Crippen LogP contribution in [-0.4, -0.2) is 15.1 Å². The maximum Gasteiger partial charge on any atom is 0.0948 e. The first kappa shape index (κ1) is 8.75. The molecule has 0 atom stereocenters. The van der Waals surface area contributed by atoms with Crippen molar-refractivity contribution < 1.29 is 0 Å². The number of rotatable bonds is 3. The van der Waals surface area contributed by atoms with Crippen LogP contribution >= 0.6 is 0 Å². The van der Waals surface area contributed by atoms with E-state index in [9.17, 15) is 0 Å². The summed E-state index contributed by atoms with van der Waals surface area (Å²) in [6, 6.07) is 0. The average molecular weight is 179 g/mol. The Morgan fingerprint density at radius 3 is 2.85 bits per heavy atom. The van der Waals surface area contributed by atoms with E-state index in [4.69, 9.17) is 5.73 Å². The first-order valence-electron chi connectivity index (χ1n) is 4.85. The normalized spacial score (nSPS) is 17.8. The molecule has 0 aromatic carbocycles. The molecule has 3 nitrogen and oxygen atoms in total. The minimum absolute atomic E-state index is 0.148. The third kappa shape index (κ3) is 2.10. The van der Waals surface area contributed by atoms with Gasteiger partial charge >= 0.3 is 0 Å². The summed E-state index contributed by atoms with van der Waals surface area (Å²) in [5.74, 6) is 0.754. The number of hydrogen-bond acceptors (Lipinski definition) is 2. The highest BCUT2D eigenvalue weighted by Crippen LogP contribution is 2.39. The van der Waals surface area contributed by atoms with Crippen molar-refractivity contribution in [2.24, 2.45) is 5.73 Å². The molecule has 1 aromatic rings. The summed E-state index contributed by atoms with van der Waals surface area (Å²) in [6.07, 6.45) is 6.50. The van der Waals surface area contributed by atoms with Gasteiger partial charge in [-0.1, -0.05) is 0 Å². The zero-order chi connectivity index (χ0) is 9.47. The van der Waals surface area contributed by atoms with Crippen LogP contribution in [0.4, 0.5) is 0 Å². The third-order valence-corrected chi connectivity index (χ3v) is 2.32. The van der Waals surface area contributed by atoms with E-state index in [-0.39, 0.29) is 5.54 Å². The van der Waals surface area contributed by atoms with E-state index in [0.717, 1.165) is 12.5 Å². The maximum absolute atomic E-state index is 5.97. The van der Waals surface area contributed by atoms with Crippen molar-refractivity contribution in [3.05, 3.63) is 18.2 Å². The van der Waals surface area contributed by atoms with Gasteiger partial charge in [0.05, 0.1) is 6.33 Å². The minimum Gasteiger partial charge on any atom is -0.333 e. The van der Waals surface area contributed by atoms with Crippen LogP contribution in [0.25, 0.3) is 0 Å². The predicted octanol–water partition coefficient (Wildman–Crippen LogP) is 1.50. The SMILES string of the molecule is CC(C)(N)Cn1cncc1C1CC1. The van der Waals surface area contributed by atoms with Gasteiger partial charge in [0.15, 0.2) is 0 Å². The number of aromatic nitrogens is 2. The molecule has 1 aliphatic carbocycles. The van der Waals surface area contributed by atoms with Crippen LogP contribution in [0, 0.1) is 0 Å². The highest BCUT2D eigenvalue weighted by Gasteiger charge is 2.27. The Morgan fingerprint density at radius 1 is 1.62 bits per heavy atom. The predicted molar refractivity (Wildman–Crippen MR) is 52.5 cm³/mol. The Kier molecular flexibility index (Phi) is 1.91. The van der Waals surface area contributed by atoms with Crippen molar-refractivity contribution in [2.75, 3.05) is 0 Å². The van der Waals surface area contributed by atoms with Crippen LogP contribution in [0.5, 0.6) is 0 Å². The molecule has 3 heteroatoms. The lowest BCUT2D eigenvalue weighted by atomic mass is 10.1. The molecule has 0 saturated heterocycles. The van der Waals surface area contributed by atoms with Gasteiger partial charge in [-0.15, -0.1) is 0 Å². The van der Waals surface area contributed by atoms with Crippen molar-refractivity contribution in [3.63, 3.8) is 0 Å². The molecular formula is C10H17N3.